The number of cyclic esters (lactones) is 1. The maximum absolute atomic E-state index is 14.2. The molecule has 0 unspecified atom stereocenters. The molecule has 0 radical (unpaired) electrons. The summed E-state index contributed by atoms with van der Waals surface area (Å²) in [5.41, 5.74) is -8.87. The predicted octanol–water partition coefficient (Wildman–Crippen LogP) is 2.01. The number of Topliss-reactive ketones (excluding diaryl/α,β-unsaturated/α-hetero) is 3. The molecule has 35 heavy (non-hydrogen) atoms. The smallest absolute Gasteiger partial charge is 0.322 e. The molecule has 0 bridgehead atoms. The number of hydrogen-bond acceptors (Lipinski definition) is 9. The van der Waals surface area contributed by atoms with E-state index in [2.05, 4.69) is 6.58 Å². The third kappa shape index (κ3) is 2.31. The first-order valence-electron chi connectivity index (χ1n) is 11.7. The van der Waals surface area contributed by atoms with Crippen molar-refractivity contribution in [2.45, 2.75) is 66.6 Å². The highest BCUT2D eigenvalue weighted by atomic mass is 16.6. The van der Waals surface area contributed by atoms with Gasteiger partial charge in [-0.25, -0.2) is 0 Å². The molecule has 3 fully saturated rings. The summed E-state index contributed by atoms with van der Waals surface area (Å²) in [7, 11) is 1.05. The van der Waals surface area contributed by atoms with Crippen molar-refractivity contribution >= 4 is 29.3 Å². The molecule has 9 nitrogen and oxygen atoms in total. The molecule has 2 N–H and O–H groups in total. The predicted molar refractivity (Wildman–Crippen MR) is 121 cm³/mol. The van der Waals surface area contributed by atoms with Crippen LogP contribution in [0.25, 0.3) is 0 Å². The van der Waals surface area contributed by atoms with Crippen LogP contribution in [0.5, 0.6) is 0 Å². The van der Waals surface area contributed by atoms with Crippen LogP contribution in [0.4, 0.5) is 0 Å². The van der Waals surface area contributed by atoms with Crippen LogP contribution in [0.1, 0.15) is 54.4 Å². The van der Waals surface area contributed by atoms with Crippen LogP contribution in [0.15, 0.2) is 23.5 Å². The fourth-order valence-electron chi connectivity index (χ4n) is 7.89. The van der Waals surface area contributed by atoms with Gasteiger partial charge in [0.1, 0.15) is 11.2 Å². The Hall–Kier alpha value is -2.81. The number of esters is 2. The fourth-order valence-corrected chi connectivity index (χ4v) is 7.89. The summed E-state index contributed by atoms with van der Waals surface area (Å²) in [6.45, 7) is 12.9. The largest absolute Gasteiger partial charge is 0.504 e. The lowest BCUT2D eigenvalue weighted by molar-refractivity contribution is -0.228. The molecule has 3 aliphatic carbocycles. The number of carbonyl (C=O) groups excluding carboxylic acids is 5. The van der Waals surface area contributed by atoms with Gasteiger partial charge in [0.15, 0.2) is 23.1 Å². The molecule has 4 rings (SSSR count). The molecule has 0 aromatic heterocycles. The van der Waals surface area contributed by atoms with Crippen molar-refractivity contribution < 1.29 is 43.7 Å². The molecule has 7 atom stereocenters. The topological polar surface area (TPSA) is 144 Å². The Morgan fingerprint density at radius 1 is 1.09 bits per heavy atom. The number of allylic oxidation sites excluding steroid dienone is 1. The number of hydrogen-bond donors (Lipinski definition) is 2. The molecule has 0 amide bonds. The molecule has 0 aromatic carbocycles. The normalized spacial score (nSPS) is 44.8. The van der Waals surface area contributed by atoms with Crippen molar-refractivity contribution in [2.24, 2.45) is 33.0 Å². The van der Waals surface area contributed by atoms with Crippen molar-refractivity contribution in [2.75, 3.05) is 7.11 Å². The van der Waals surface area contributed by atoms with Crippen molar-refractivity contribution in [1.82, 2.24) is 0 Å². The van der Waals surface area contributed by atoms with E-state index in [0.29, 0.717) is 0 Å². The molecule has 190 valence electrons. The van der Waals surface area contributed by atoms with E-state index in [1.807, 2.05) is 0 Å². The zero-order valence-electron chi connectivity index (χ0n) is 21.1. The van der Waals surface area contributed by atoms with E-state index in [9.17, 15) is 34.2 Å². The van der Waals surface area contributed by atoms with E-state index < -0.39 is 74.5 Å². The van der Waals surface area contributed by atoms with Crippen LogP contribution in [0, 0.1) is 33.0 Å². The maximum Gasteiger partial charge on any atom is 0.322 e. The van der Waals surface area contributed by atoms with Gasteiger partial charge in [-0.3, -0.25) is 24.0 Å². The molecule has 4 aliphatic rings. The van der Waals surface area contributed by atoms with Crippen molar-refractivity contribution in [3.63, 3.8) is 0 Å². The number of fused-ring (bicyclic) bond motifs is 5. The van der Waals surface area contributed by atoms with Gasteiger partial charge in [-0.1, -0.05) is 26.0 Å². The van der Waals surface area contributed by atoms with Gasteiger partial charge in [0, 0.05) is 17.3 Å². The quantitative estimate of drug-likeness (QED) is 0.322. The molecule has 2 saturated carbocycles. The zero-order valence-corrected chi connectivity index (χ0v) is 21.1. The van der Waals surface area contributed by atoms with Crippen molar-refractivity contribution in [1.29, 1.82) is 0 Å². The van der Waals surface area contributed by atoms with Gasteiger partial charge in [0.2, 0.25) is 5.78 Å². The first kappa shape index (κ1) is 25.3. The molecule has 9 heteroatoms. The SMILES string of the molecule is C=C1C[C@H]2[C@]3(C)C(=C(O)C(=O)[C@@]2(C)[C@]2(C(=O)OC)C(=O)[C@H](C)OC(=O)[C@@]12C)C(C)(C)C(=O)C[C@H]3O. The van der Waals surface area contributed by atoms with Gasteiger partial charge in [0.25, 0.3) is 0 Å². The lowest BCUT2D eigenvalue weighted by Gasteiger charge is -2.68. The summed E-state index contributed by atoms with van der Waals surface area (Å²) in [5.74, 6) is -5.91. The maximum atomic E-state index is 14.2. The lowest BCUT2D eigenvalue weighted by Crippen LogP contribution is -2.78. The summed E-state index contributed by atoms with van der Waals surface area (Å²) >= 11 is 0. The minimum Gasteiger partial charge on any atom is -0.504 e. The number of carbonyl (C=O) groups is 5. The van der Waals surface area contributed by atoms with Crippen LogP contribution >= 0.6 is 0 Å². The van der Waals surface area contributed by atoms with E-state index in [1.165, 1.54) is 20.8 Å². The molecule has 0 spiro atoms. The van der Waals surface area contributed by atoms with Crippen LogP contribution in [-0.4, -0.2) is 58.8 Å². The van der Waals surface area contributed by atoms with E-state index in [0.717, 1.165) is 7.11 Å². The number of aliphatic hydroxyl groups is 2. The molecular weight excluding hydrogens is 456 g/mol. The number of ketones is 3. The summed E-state index contributed by atoms with van der Waals surface area (Å²) in [5, 5.41) is 22.7. The highest BCUT2D eigenvalue weighted by Gasteiger charge is 2.85. The van der Waals surface area contributed by atoms with E-state index in [4.69, 9.17) is 9.47 Å². The van der Waals surface area contributed by atoms with Gasteiger partial charge in [-0.15, -0.1) is 0 Å². The average molecular weight is 489 g/mol. The molecule has 1 heterocycles. The third-order valence-electron chi connectivity index (χ3n) is 9.89. The second kappa shape index (κ2) is 6.90. The number of aliphatic hydroxyl groups excluding tert-OH is 2. The van der Waals surface area contributed by atoms with Gasteiger partial charge in [0.05, 0.1) is 18.6 Å². The Morgan fingerprint density at radius 3 is 2.20 bits per heavy atom. The average Bonchev–Trinajstić information content (AvgIpc) is 2.77. The van der Waals surface area contributed by atoms with Gasteiger partial charge in [-0.05, 0) is 45.6 Å². The molecular formula is C26H32O9. The second-order valence-electron chi connectivity index (χ2n) is 11.4. The third-order valence-corrected chi connectivity index (χ3v) is 9.89. The van der Waals surface area contributed by atoms with Crippen LogP contribution in [0.3, 0.4) is 0 Å². The Bertz CT molecular complexity index is 1160. The fraction of sp³-hybridized carbons (Fsp3) is 0.654. The molecule has 1 saturated heterocycles. The highest BCUT2D eigenvalue weighted by molar-refractivity contribution is 6.20. The first-order valence-corrected chi connectivity index (χ1v) is 11.7. The van der Waals surface area contributed by atoms with Crippen LogP contribution in [0.2, 0.25) is 0 Å². The Labute approximate surface area is 203 Å². The minimum atomic E-state index is -2.42. The van der Waals surface area contributed by atoms with Gasteiger partial charge in [-0.2, -0.15) is 0 Å². The summed E-state index contributed by atoms with van der Waals surface area (Å²) < 4.78 is 10.4. The van der Waals surface area contributed by atoms with E-state index in [-0.39, 0.29) is 29.8 Å². The Kier molecular flexibility index (Phi) is 4.98. The number of ether oxygens (including phenoxy) is 2. The zero-order chi connectivity index (χ0) is 26.7. The highest BCUT2D eigenvalue weighted by Crippen LogP contribution is 2.74. The lowest BCUT2D eigenvalue weighted by atomic mass is 9.32. The first-order chi connectivity index (χ1) is 15.9. The van der Waals surface area contributed by atoms with Crippen molar-refractivity contribution in [3.8, 4) is 0 Å². The number of rotatable bonds is 1. The summed E-state index contributed by atoms with van der Waals surface area (Å²) in [6, 6.07) is 0. The molecule has 0 aromatic rings. The summed E-state index contributed by atoms with van der Waals surface area (Å²) in [6.07, 6.45) is -2.99. The Balaban J connectivity index is 2.21. The minimum absolute atomic E-state index is 0.0388. The van der Waals surface area contributed by atoms with E-state index in [1.54, 1.807) is 20.8 Å². The number of methoxy groups -OCH3 is 1. The van der Waals surface area contributed by atoms with Crippen molar-refractivity contribution in [3.05, 3.63) is 23.5 Å². The monoisotopic (exact) mass is 488 g/mol. The van der Waals surface area contributed by atoms with Crippen LogP contribution < -0.4 is 0 Å². The van der Waals surface area contributed by atoms with Gasteiger partial charge >= 0.3 is 11.9 Å². The summed E-state index contributed by atoms with van der Waals surface area (Å²) in [4.78, 5) is 68.3. The van der Waals surface area contributed by atoms with E-state index >= 15 is 0 Å². The van der Waals surface area contributed by atoms with Gasteiger partial charge < -0.3 is 19.7 Å². The Morgan fingerprint density at radius 2 is 1.66 bits per heavy atom. The molecule has 1 aliphatic heterocycles. The standard InChI is InChI=1S/C26H32O9/c1-11-9-13-23(5)15(28)10-14(27)22(3,4)17(23)16(29)19(31)25(13,7)26(21(33)34-8)18(30)12(2)35-20(32)24(11,26)6/h12-13,15,28-29H,1,9-10H2,2-8H3/t12-,13-,15+,23-,24+,25-,26-/m0/s1. The van der Waals surface area contributed by atoms with Crippen LogP contribution in [-0.2, 0) is 33.4 Å². The second-order valence-corrected chi connectivity index (χ2v) is 11.4.